The zero-order chi connectivity index (χ0) is 12.0. The fourth-order valence-electron chi connectivity index (χ4n) is 1.17. The molecule has 1 aromatic carbocycles. The van der Waals surface area contributed by atoms with Gasteiger partial charge in [-0.1, -0.05) is 0 Å². The van der Waals surface area contributed by atoms with E-state index in [0.717, 1.165) is 0 Å². The Labute approximate surface area is 103 Å². The van der Waals surface area contributed by atoms with Crippen molar-refractivity contribution < 1.29 is 14.3 Å². The minimum absolute atomic E-state index is 0.133. The van der Waals surface area contributed by atoms with Crippen LogP contribution >= 0.6 is 15.9 Å². The molecule has 0 atom stereocenters. The Morgan fingerprint density at radius 1 is 1.44 bits per heavy atom. The summed E-state index contributed by atoms with van der Waals surface area (Å²) < 4.78 is 10.6. The number of benzene rings is 1. The molecule has 88 valence electrons. The number of rotatable bonds is 5. The van der Waals surface area contributed by atoms with Gasteiger partial charge in [-0.3, -0.25) is 4.79 Å². The molecule has 0 aromatic heterocycles. The van der Waals surface area contributed by atoms with Crippen molar-refractivity contribution >= 4 is 21.8 Å². The normalized spacial score (nSPS) is 9.94. The number of methoxy groups -OCH3 is 2. The Morgan fingerprint density at radius 2 is 2.19 bits per heavy atom. The van der Waals surface area contributed by atoms with Gasteiger partial charge in [-0.25, -0.2) is 0 Å². The first-order valence-corrected chi connectivity index (χ1v) is 5.59. The third-order valence-corrected chi connectivity index (χ3v) is 2.67. The van der Waals surface area contributed by atoms with Gasteiger partial charge in [-0.05, 0) is 34.1 Å². The second-order valence-electron chi connectivity index (χ2n) is 3.09. The van der Waals surface area contributed by atoms with Crippen LogP contribution in [0.15, 0.2) is 22.7 Å². The largest absolute Gasteiger partial charge is 0.497 e. The first-order valence-electron chi connectivity index (χ1n) is 4.79. The minimum atomic E-state index is -0.133. The summed E-state index contributed by atoms with van der Waals surface area (Å²) >= 11 is 3.33. The van der Waals surface area contributed by atoms with E-state index in [4.69, 9.17) is 9.47 Å². The fraction of sp³-hybridized carbons (Fsp3) is 0.364. The van der Waals surface area contributed by atoms with Crippen molar-refractivity contribution in [3.8, 4) is 5.75 Å². The summed E-state index contributed by atoms with van der Waals surface area (Å²) in [6.45, 7) is 0.993. The third-order valence-electron chi connectivity index (χ3n) is 2.01. The summed E-state index contributed by atoms with van der Waals surface area (Å²) in [5, 5.41) is 2.74. The second-order valence-corrected chi connectivity index (χ2v) is 3.95. The molecule has 0 fully saturated rings. The Balaban J connectivity index is 2.68. The number of nitrogens with one attached hydrogen (secondary N) is 1. The maximum Gasteiger partial charge on any atom is 0.252 e. The highest BCUT2D eigenvalue weighted by molar-refractivity contribution is 9.10. The summed E-state index contributed by atoms with van der Waals surface area (Å²) in [5.74, 6) is 0.576. The molecule has 0 saturated heterocycles. The average Bonchev–Trinajstić information content (AvgIpc) is 2.29. The standard InChI is InChI=1S/C11H14BrNO3/c1-15-6-5-13-11(14)9-4-3-8(16-2)7-10(9)12/h3-4,7H,5-6H2,1-2H3,(H,13,14). The summed E-state index contributed by atoms with van der Waals surface area (Å²) in [6, 6.07) is 5.21. The number of carbonyl (C=O) groups excluding carboxylic acids is 1. The van der Waals surface area contributed by atoms with Crippen LogP contribution in [0.1, 0.15) is 10.4 Å². The predicted octanol–water partition coefficient (Wildman–Crippen LogP) is 1.83. The average molecular weight is 288 g/mol. The third kappa shape index (κ3) is 3.50. The van der Waals surface area contributed by atoms with Gasteiger partial charge in [-0.2, -0.15) is 0 Å². The minimum Gasteiger partial charge on any atom is -0.497 e. The molecular weight excluding hydrogens is 274 g/mol. The van der Waals surface area contributed by atoms with Gasteiger partial charge in [0.25, 0.3) is 5.91 Å². The van der Waals surface area contributed by atoms with Gasteiger partial charge in [0.05, 0.1) is 19.3 Å². The van der Waals surface area contributed by atoms with Gasteiger partial charge in [0.1, 0.15) is 5.75 Å². The Bertz CT molecular complexity index is 368. The number of hydrogen-bond donors (Lipinski definition) is 1. The van der Waals surface area contributed by atoms with Crippen LogP contribution in [0.3, 0.4) is 0 Å². The summed E-state index contributed by atoms with van der Waals surface area (Å²) in [5.41, 5.74) is 0.580. The summed E-state index contributed by atoms with van der Waals surface area (Å²) in [6.07, 6.45) is 0. The monoisotopic (exact) mass is 287 g/mol. The van der Waals surface area contributed by atoms with Crippen LogP contribution in [0.2, 0.25) is 0 Å². The van der Waals surface area contributed by atoms with Crippen LogP contribution in [0.4, 0.5) is 0 Å². The molecule has 1 aromatic rings. The lowest BCUT2D eigenvalue weighted by Gasteiger charge is -2.07. The van der Waals surface area contributed by atoms with Gasteiger partial charge in [-0.15, -0.1) is 0 Å². The van der Waals surface area contributed by atoms with E-state index < -0.39 is 0 Å². The number of hydrogen-bond acceptors (Lipinski definition) is 3. The fourth-order valence-corrected chi connectivity index (χ4v) is 1.71. The lowest BCUT2D eigenvalue weighted by molar-refractivity contribution is 0.0936. The quantitative estimate of drug-likeness (QED) is 0.841. The molecule has 1 amide bonds. The van der Waals surface area contributed by atoms with Crippen LogP contribution < -0.4 is 10.1 Å². The van der Waals surface area contributed by atoms with Crippen LogP contribution in [-0.2, 0) is 4.74 Å². The van der Waals surface area contributed by atoms with Crippen LogP contribution in [-0.4, -0.2) is 33.3 Å². The van der Waals surface area contributed by atoms with Crippen molar-refractivity contribution in [2.45, 2.75) is 0 Å². The molecule has 0 unspecified atom stereocenters. The van der Waals surface area contributed by atoms with Crippen molar-refractivity contribution in [2.24, 2.45) is 0 Å². The van der Waals surface area contributed by atoms with Crippen molar-refractivity contribution in [3.05, 3.63) is 28.2 Å². The van der Waals surface area contributed by atoms with Crippen LogP contribution in [0.5, 0.6) is 5.75 Å². The lowest BCUT2D eigenvalue weighted by Crippen LogP contribution is -2.27. The number of ether oxygens (including phenoxy) is 2. The van der Waals surface area contributed by atoms with Crippen molar-refractivity contribution in [2.75, 3.05) is 27.4 Å². The van der Waals surface area contributed by atoms with Gasteiger partial charge in [0.2, 0.25) is 0 Å². The molecular formula is C11H14BrNO3. The van der Waals surface area contributed by atoms with E-state index >= 15 is 0 Å². The number of amides is 1. The smallest absolute Gasteiger partial charge is 0.252 e. The summed E-state index contributed by atoms with van der Waals surface area (Å²) in [4.78, 5) is 11.7. The maximum absolute atomic E-state index is 11.7. The van der Waals surface area contributed by atoms with Crippen LogP contribution in [0, 0.1) is 0 Å². The lowest BCUT2D eigenvalue weighted by atomic mass is 10.2. The van der Waals surface area contributed by atoms with Crippen molar-refractivity contribution in [1.29, 1.82) is 0 Å². The highest BCUT2D eigenvalue weighted by Gasteiger charge is 2.09. The van der Waals surface area contributed by atoms with Gasteiger partial charge < -0.3 is 14.8 Å². The van der Waals surface area contributed by atoms with E-state index in [9.17, 15) is 4.79 Å². The van der Waals surface area contributed by atoms with Gasteiger partial charge in [0.15, 0.2) is 0 Å². The maximum atomic E-state index is 11.7. The van der Waals surface area contributed by atoms with E-state index in [0.29, 0.717) is 28.9 Å². The summed E-state index contributed by atoms with van der Waals surface area (Å²) in [7, 11) is 3.18. The number of halogens is 1. The first kappa shape index (κ1) is 13.0. The highest BCUT2D eigenvalue weighted by atomic mass is 79.9. The molecule has 16 heavy (non-hydrogen) atoms. The molecule has 1 rings (SSSR count). The number of carbonyl (C=O) groups is 1. The second kappa shape index (κ2) is 6.50. The van der Waals surface area contributed by atoms with Crippen molar-refractivity contribution in [3.63, 3.8) is 0 Å². The zero-order valence-electron chi connectivity index (χ0n) is 9.25. The van der Waals surface area contributed by atoms with E-state index in [1.165, 1.54) is 0 Å². The molecule has 0 aliphatic heterocycles. The van der Waals surface area contributed by atoms with Gasteiger partial charge in [0, 0.05) is 18.1 Å². The van der Waals surface area contributed by atoms with E-state index in [-0.39, 0.29) is 5.91 Å². The molecule has 0 aliphatic carbocycles. The molecule has 0 bridgehead atoms. The Hall–Kier alpha value is -1.07. The molecule has 0 heterocycles. The van der Waals surface area contributed by atoms with Gasteiger partial charge >= 0.3 is 0 Å². The van der Waals surface area contributed by atoms with Crippen LogP contribution in [0.25, 0.3) is 0 Å². The first-order chi connectivity index (χ1) is 7.69. The van der Waals surface area contributed by atoms with E-state index in [1.807, 2.05) is 0 Å². The highest BCUT2D eigenvalue weighted by Crippen LogP contribution is 2.22. The van der Waals surface area contributed by atoms with Crippen molar-refractivity contribution in [1.82, 2.24) is 5.32 Å². The molecule has 0 radical (unpaired) electrons. The molecule has 0 aliphatic rings. The Morgan fingerprint density at radius 3 is 2.75 bits per heavy atom. The molecule has 1 N–H and O–H groups in total. The zero-order valence-corrected chi connectivity index (χ0v) is 10.8. The molecule has 0 spiro atoms. The Kier molecular flexibility index (Phi) is 5.28. The predicted molar refractivity (Wildman–Crippen MR) is 64.9 cm³/mol. The molecule has 4 nitrogen and oxygen atoms in total. The molecule has 0 saturated carbocycles. The van der Waals surface area contributed by atoms with E-state index in [1.54, 1.807) is 32.4 Å². The topological polar surface area (TPSA) is 47.6 Å². The van der Waals surface area contributed by atoms with E-state index in [2.05, 4.69) is 21.2 Å². The molecule has 5 heteroatoms. The SMILES string of the molecule is COCCNC(=O)c1ccc(OC)cc1Br.